The Morgan fingerprint density at radius 2 is 2.18 bits per heavy atom. The molecule has 0 aromatic carbocycles. The normalized spacial score (nSPS) is 26.5. The zero-order chi connectivity index (χ0) is 12.3. The second-order valence-corrected chi connectivity index (χ2v) is 4.55. The molecule has 5 nitrogen and oxygen atoms in total. The molecule has 94 valence electrons. The lowest BCUT2D eigenvalue weighted by Crippen LogP contribution is -2.44. The van der Waals surface area contributed by atoms with Crippen LogP contribution in [0.3, 0.4) is 0 Å². The molecule has 0 radical (unpaired) electrons. The van der Waals surface area contributed by atoms with Gasteiger partial charge in [-0.25, -0.2) is 4.98 Å². The fourth-order valence-electron chi connectivity index (χ4n) is 2.20. The van der Waals surface area contributed by atoms with Crippen molar-refractivity contribution in [1.29, 1.82) is 0 Å². The average Bonchev–Trinajstić information content (AvgIpc) is 2.38. The van der Waals surface area contributed by atoms with E-state index in [0.29, 0.717) is 11.6 Å². The molecule has 0 saturated carbocycles. The number of ether oxygens (including phenoxy) is 2. The van der Waals surface area contributed by atoms with E-state index in [-0.39, 0.29) is 11.6 Å². The van der Waals surface area contributed by atoms with Crippen molar-refractivity contribution in [2.75, 3.05) is 13.7 Å². The zero-order valence-electron chi connectivity index (χ0n) is 10.3. The van der Waals surface area contributed by atoms with Crippen molar-refractivity contribution in [3.05, 3.63) is 18.1 Å². The first-order valence-electron chi connectivity index (χ1n) is 5.92. The van der Waals surface area contributed by atoms with E-state index in [2.05, 4.69) is 9.97 Å². The minimum Gasteiger partial charge on any atom is -0.480 e. The summed E-state index contributed by atoms with van der Waals surface area (Å²) in [7, 11) is 1.57. The van der Waals surface area contributed by atoms with E-state index >= 15 is 0 Å². The number of nitrogens with two attached hydrogens (primary N) is 1. The van der Waals surface area contributed by atoms with Crippen molar-refractivity contribution in [1.82, 2.24) is 9.97 Å². The van der Waals surface area contributed by atoms with Gasteiger partial charge in [0, 0.05) is 19.0 Å². The first-order valence-corrected chi connectivity index (χ1v) is 5.92. The largest absolute Gasteiger partial charge is 0.480 e. The molecule has 0 spiro atoms. The Labute approximate surface area is 101 Å². The maximum absolute atomic E-state index is 6.27. The van der Waals surface area contributed by atoms with E-state index in [1.807, 2.05) is 6.92 Å². The van der Waals surface area contributed by atoms with Crippen molar-refractivity contribution >= 4 is 0 Å². The summed E-state index contributed by atoms with van der Waals surface area (Å²) in [4.78, 5) is 8.40. The van der Waals surface area contributed by atoms with Crippen LogP contribution in [0.2, 0.25) is 0 Å². The van der Waals surface area contributed by atoms with E-state index in [4.69, 9.17) is 15.2 Å². The zero-order valence-corrected chi connectivity index (χ0v) is 10.3. The summed E-state index contributed by atoms with van der Waals surface area (Å²) >= 11 is 0. The fourth-order valence-corrected chi connectivity index (χ4v) is 2.20. The van der Waals surface area contributed by atoms with Crippen molar-refractivity contribution in [3.63, 3.8) is 0 Å². The Bertz CT molecular complexity index is 378. The Morgan fingerprint density at radius 1 is 1.41 bits per heavy atom. The highest BCUT2D eigenvalue weighted by Crippen LogP contribution is 2.36. The third kappa shape index (κ3) is 2.40. The van der Waals surface area contributed by atoms with Crippen molar-refractivity contribution in [3.8, 4) is 5.88 Å². The first kappa shape index (κ1) is 12.3. The van der Waals surface area contributed by atoms with Gasteiger partial charge in [0.25, 0.3) is 0 Å². The Kier molecular flexibility index (Phi) is 3.59. The van der Waals surface area contributed by atoms with E-state index in [0.717, 1.165) is 25.9 Å². The summed E-state index contributed by atoms with van der Waals surface area (Å²) in [6.07, 6.45) is 6.39. The second kappa shape index (κ2) is 4.98. The summed E-state index contributed by atoms with van der Waals surface area (Å²) in [6.45, 7) is 2.79. The lowest BCUT2D eigenvalue weighted by molar-refractivity contribution is -0.0832. The lowest BCUT2D eigenvalue weighted by Gasteiger charge is -2.38. The second-order valence-electron chi connectivity index (χ2n) is 4.55. The van der Waals surface area contributed by atoms with Crippen LogP contribution in [0.15, 0.2) is 12.4 Å². The molecular formula is C12H19N3O2. The molecule has 5 heteroatoms. The molecule has 0 aliphatic carbocycles. The van der Waals surface area contributed by atoms with E-state index in [1.165, 1.54) is 0 Å². The number of rotatable bonds is 3. The van der Waals surface area contributed by atoms with Crippen molar-refractivity contribution < 1.29 is 9.47 Å². The number of methoxy groups -OCH3 is 1. The molecule has 0 amide bonds. The van der Waals surface area contributed by atoms with Gasteiger partial charge in [-0.15, -0.1) is 0 Å². The maximum atomic E-state index is 6.27. The Hall–Kier alpha value is -1.20. The van der Waals surface area contributed by atoms with E-state index < -0.39 is 0 Å². The lowest BCUT2D eigenvalue weighted by atomic mass is 9.87. The molecule has 1 fully saturated rings. The summed E-state index contributed by atoms with van der Waals surface area (Å²) in [5.41, 5.74) is 6.57. The predicted molar refractivity (Wildman–Crippen MR) is 63.7 cm³/mol. The molecule has 2 N–H and O–H groups in total. The molecule has 2 rings (SSSR count). The van der Waals surface area contributed by atoms with Crippen LogP contribution in [0.25, 0.3) is 0 Å². The van der Waals surface area contributed by atoms with Gasteiger partial charge < -0.3 is 15.2 Å². The minimum absolute atomic E-state index is 0.313. The Morgan fingerprint density at radius 3 is 2.82 bits per heavy atom. The number of hydrogen-bond donors (Lipinski definition) is 1. The van der Waals surface area contributed by atoms with Crippen LogP contribution in [0.5, 0.6) is 5.88 Å². The molecule has 2 atom stereocenters. The SMILES string of the molecule is COc1nccnc1C(N)C1(C)CCCCO1. The van der Waals surface area contributed by atoms with Crippen LogP contribution in [0, 0.1) is 0 Å². The van der Waals surface area contributed by atoms with Gasteiger partial charge in [0.2, 0.25) is 5.88 Å². The summed E-state index contributed by atoms with van der Waals surface area (Å²) in [5.74, 6) is 0.482. The number of aromatic nitrogens is 2. The molecule has 2 unspecified atom stereocenters. The van der Waals surface area contributed by atoms with Crippen LogP contribution in [0.1, 0.15) is 37.9 Å². The molecule has 1 aromatic heterocycles. The maximum Gasteiger partial charge on any atom is 0.237 e. The molecule has 0 bridgehead atoms. The Balaban J connectivity index is 2.26. The smallest absolute Gasteiger partial charge is 0.237 e. The molecule has 1 aromatic rings. The van der Waals surface area contributed by atoms with Gasteiger partial charge in [-0.3, -0.25) is 4.98 Å². The standard InChI is InChI=1S/C12H19N3O2/c1-12(5-3-4-8-17-12)10(13)9-11(16-2)15-7-6-14-9/h6-7,10H,3-5,8,13H2,1-2H3. The highest BCUT2D eigenvalue weighted by Gasteiger charge is 2.38. The third-order valence-electron chi connectivity index (χ3n) is 3.34. The van der Waals surface area contributed by atoms with Gasteiger partial charge in [-0.2, -0.15) is 0 Å². The monoisotopic (exact) mass is 237 g/mol. The van der Waals surface area contributed by atoms with Crippen LogP contribution >= 0.6 is 0 Å². The van der Waals surface area contributed by atoms with Gasteiger partial charge in [-0.05, 0) is 26.2 Å². The summed E-state index contributed by atoms with van der Waals surface area (Å²) in [6, 6.07) is -0.313. The highest BCUT2D eigenvalue weighted by atomic mass is 16.5. The highest BCUT2D eigenvalue weighted by molar-refractivity contribution is 5.23. The summed E-state index contributed by atoms with van der Waals surface area (Å²) in [5, 5.41) is 0. The average molecular weight is 237 g/mol. The van der Waals surface area contributed by atoms with Crippen LogP contribution in [-0.2, 0) is 4.74 Å². The quantitative estimate of drug-likeness (QED) is 0.861. The van der Waals surface area contributed by atoms with E-state index in [1.54, 1.807) is 19.5 Å². The minimum atomic E-state index is -0.373. The van der Waals surface area contributed by atoms with Gasteiger partial charge in [-0.1, -0.05) is 0 Å². The molecule has 17 heavy (non-hydrogen) atoms. The molecule has 2 heterocycles. The van der Waals surface area contributed by atoms with Crippen LogP contribution in [0.4, 0.5) is 0 Å². The van der Waals surface area contributed by atoms with E-state index in [9.17, 15) is 0 Å². The van der Waals surface area contributed by atoms with Crippen molar-refractivity contribution in [2.24, 2.45) is 5.73 Å². The van der Waals surface area contributed by atoms with Crippen LogP contribution < -0.4 is 10.5 Å². The molecular weight excluding hydrogens is 218 g/mol. The van der Waals surface area contributed by atoms with Gasteiger partial charge in [0.1, 0.15) is 5.69 Å². The fraction of sp³-hybridized carbons (Fsp3) is 0.667. The molecule has 1 saturated heterocycles. The van der Waals surface area contributed by atoms with Crippen molar-refractivity contribution in [2.45, 2.75) is 37.8 Å². The number of hydrogen-bond acceptors (Lipinski definition) is 5. The van der Waals surface area contributed by atoms with Gasteiger partial charge in [0.15, 0.2) is 0 Å². The predicted octanol–water partition coefficient (Wildman–Crippen LogP) is 1.44. The molecule has 1 aliphatic heterocycles. The van der Waals surface area contributed by atoms with Gasteiger partial charge >= 0.3 is 0 Å². The topological polar surface area (TPSA) is 70.3 Å². The summed E-state index contributed by atoms with van der Waals surface area (Å²) < 4.78 is 11.0. The number of nitrogens with zero attached hydrogens (tertiary/aromatic N) is 2. The van der Waals surface area contributed by atoms with Gasteiger partial charge in [0.05, 0.1) is 18.8 Å². The first-order chi connectivity index (χ1) is 8.17. The van der Waals surface area contributed by atoms with Crippen LogP contribution in [-0.4, -0.2) is 29.3 Å². The third-order valence-corrected chi connectivity index (χ3v) is 3.34. The molecule has 1 aliphatic rings.